The van der Waals surface area contributed by atoms with Gasteiger partial charge in [-0.1, -0.05) is 11.6 Å². The Morgan fingerprint density at radius 1 is 0.879 bits per heavy atom. The second kappa shape index (κ2) is 8.37. The highest BCUT2D eigenvalue weighted by Crippen LogP contribution is 2.27. The zero-order valence-electron chi connectivity index (χ0n) is 17.2. The molecule has 2 aromatic heterocycles. The van der Waals surface area contributed by atoms with E-state index in [1.165, 1.54) is 24.5 Å². The monoisotopic (exact) mass is 462 g/mol. The topological polar surface area (TPSA) is 88.1 Å². The van der Waals surface area contributed by atoms with Crippen molar-refractivity contribution in [2.24, 2.45) is 0 Å². The highest BCUT2D eigenvalue weighted by atomic mass is 35.5. The van der Waals surface area contributed by atoms with E-state index in [4.69, 9.17) is 34.6 Å². The molecule has 164 valence electrons. The molecule has 5 rings (SSSR count). The van der Waals surface area contributed by atoms with Crippen molar-refractivity contribution in [3.63, 3.8) is 0 Å². The van der Waals surface area contributed by atoms with Crippen LogP contribution in [0.4, 0.5) is 0 Å². The number of hydrogen-bond donors (Lipinski definition) is 0. The minimum atomic E-state index is -0.691. The number of halogens is 1. The molecule has 2 heterocycles. The number of furan rings is 1. The first kappa shape index (κ1) is 20.7. The Bertz CT molecular complexity index is 1550. The molecule has 0 unspecified atom stereocenters. The summed E-state index contributed by atoms with van der Waals surface area (Å²) < 4.78 is 27.2. The summed E-state index contributed by atoms with van der Waals surface area (Å²) in [7, 11) is 1.56. The van der Waals surface area contributed by atoms with Gasteiger partial charge in [0.1, 0.15) is 34.7 Å². The molecule has 0 aliphatic heterocycles. The minimum absolute atomic E-state index is 0.0251. The molecule has 0 saturated heterocycles. The van der Waals surface area contributed by atoms with Crippen LogP contribution in [0.3, 0.4) is 0 Å². The Labute approximate surface area is 191 Å². The predicted octanol–water partition coefficient (Wildman–Crippen LogP) is 6.21. The normalized spacial score (nSPS) is 11.0. The van der Waals surface area contributed by atoms with E-state index in [2.05, 4.69) is 0 Å². The molecule has 0 bridgehead atoms. The largest absolute Gasteiger partial charge is 0.497 e. The van der Waals surface area contributed by atoms with Gasteiger partial charge in [0.25, 0.3) is 0 Å². The van der Waals surface area contributed by atoms with Crippen LogP contribution in [0.25, 0.3) is 21.9 Å². The summed E-state index contributed by atoms with van der Waals surface area (Å²) in [5.41, 5.74) is 0.392. The fourth-order valence-corrected chi connectivity index (χ4v) is 3.45. The Kier molecular flexibility index (Phi) is 5.24. The molecule has 0 spiro atoms. The number of esters is 1. The van der Waals surface area contributed by atoms with Crippen molar-refractivity contribution < 1.29 is 27.8 Å². The second-order valence-electron chi connectivity index (χ2n) is 7.05. The van der Waals surface area contributed by atoms with Crippen molar-refractivity contribution in [1.82, 2.24) is 0 Å². The molecular weight excluding hydrogens is 448 g/mol. The molecule has 0 amide bonds. The van der Waals surface area contributed by atoms with E-state index in [0.29, 0.717) is 27.5 Å². The van der Waals surface area contributed by atoms with Gasteiger partial charge in [0.05, 0.1) is 12.5 Å². The number of carbonyl (C=O) groups is 1. The molecule has 0 radical (unpaired) electrons. The van der Waals surface area contributed by atoms with Crippen LogP contribution >= 0.6 is 11.6 Å². The van der Waals surface area contributed by atoms with Crippen LogP contribution in [0.2, 0.25) is 5.02 Å². The molecule has 0 atom stereocenters. The summed E-state index contributed by atoms with van der Waals surface area (Å²) in [4.78, 5) is 25.3. The van der Waals surface area contributed by atoms with Gasteiger partial charge in [-0.3, -0.25) is 4.79 Å². The minimum Gasteiger partial charge on any atom is -0.497 e. The Morgan fingerprint density at radius 3 is 2.42 bits per heavy atom. The first-order valence-corrected chi connectivity index (χ1v) is 10.2. The SMILES string of the molecule is COc1ccc(Oc2coc3cc(OC(=O)c4cc5cc(Cl)ccc5o4)ccc3c2=O)cc1. The van der Waals surface area contributed by atoms with E-state index in [1.54, 1.807) is 55.6 Å². The molecule has 0 aliphatic rings. The summed E-state index contributed by atoms with van der Waals surface area (Å²) in [5, 5.41) is 1.49. The lowest BCUT2D eigenvalue weighted by molar-refractivity contribution is 0.0704. The number of rotatable bonds is 5. The van der Waals surface area contributed by atoms with Gasteiger partial charge in [-0.2, -0.15) is 0 Å². The maximum atomic E-state index is 12.8. The summed E-state index contributed by atoms with van der Waals surface area (Å²) >= 11 is 5.97. The average molecular weight is 463 g/mol. The summed E-state index contributed by atoms with van der Waals surface area (Å²) in [6.45, 7) is 0. The molecule has 0 aliphatic carbocycles. The van der Waals surface area contributed by atoms with Gasteiger partial charge < -0.3 is 23.0 Å². The van der Waals surface area contributed by atoms with Gasteiger partial charge in [0, 0.05) is 16.5 Å². The Balaban J connectivity index is 1.38. The number of ether oxygens (including phenoxy) is 3. The van der Waals surface area contributed by atoms with Crippen molar-refractivity contribution in [3.05, 3.63) is 94.0 Å². The predicted molar refractivity (Wildman–Crippen MR) is 122 cm³/mol. The van der Waals surface area contributed by atoms with Gasteiger partial charge in [-0.05, 0) is 60.7 Å². The highest BCUT2D eigenvalue weighted by molar-refractivity contribution is 6.31. The molecule has 0 N–H and O–H groups in total. The van der Waals surface area contributed by atoms with E-state index in [0.717, 1.165) is 0 Å². The van der Waals surface area contributed by atoms with Crippen LogP contribution in [0.15, 0.2) is 86.6 Å². The lowest BCUT2D eigenvalue weighted by atomic mass is 10.2. The zero-order chi connectivity index (χ0) is 22.9. The van der Waals surface area contributed by atoms with Crippen molar-refractivity contribution in [1.29, 1.82) is 0 Å². The molecule has 5 aromatic rings. The molecule has 7 nitrogen and oxygen atoms in total. The number of carbonyl (C=O) groups excluding carboxylic acids is 1. The van der Waals surface area contributed by atoms with Crippen molar-refractivity contribution in [3.8, 4) is 23.0 Å². The van der Waals surface area contributed by atoms with Gasteiger partial charge in [0.2, 0.25) is 16.9 Å². The maximum absolute atomic E-state index is 12.8. The molecule has 0 fully saturated rings. The van der Waals surface area contributed by atoms with Gasteiger partial charge >= 0.3 is 5.97 Å². The van der Waals surface area contributed by atoms with Gasteiger partial charge in [0.15, 0.2) is 0 Å². The molecule has 8 heteroatoms. The number of fused-ring (bicyclic) bond motifs is 2. The van der Waals surface area contributed by atoms with Crippen molar-refractivity contribution in [2.45, 2.75) is 0 Å². The molecule has 33 heavy (non-hydrogen) atoms. The van der Waals surface area contributed by atoms with Crippen LogP contribution in [0, 0.1) is 0 Å². The molecule has 0 saturated carbocycles. The quantitative estimate of drug-likeness (QED) is 0.226. The zero-order valence-corrected chi connectivity index (χ0v) is 17.9. The summed E-state index contributed by atoms with van der Waals surface area (Å²) in [5.74, 6) is 0.679. The third-order valence-corrected chi connectivity index (χ3v) is 5.13. The van der Waals surface area contributed by atoms with Crippen molar-refractivity contribution in [2.75, 3.05) is 7.11 Å². The van der Waals surface area contributed by atoms with Crippen LogP contribution in [-0.2, 0) is 0 Å². The molecule has 3 aromatic carbocycles. The van der Waals surface area contributed by atoms with E-state index < -0.39 is 5.97 Å². The summed E-state index contributed by atoms with van der Waals surface area (Å²) in [6.07, 6.45) is 1.21. The number of hydrogen-bond acceptors (Lipinski definition) is 7. The van der Waals surface area contributed by atoms with Gasteiger partial charge in [-0.25, -0.2) is 4.79 Å². The third kappa shape index (κ3) is 4.14. The fourth-order valence-electron chi connectivity index (χ4n) is 3.27. The van der Waals surface area contributed by atoms with Crippen LogP contribution in [0.1, 0.15) is 10.6 Å². The number of benzene rings is 3. The lowest BCUT2D eigenvalue weighted by Gasteiger charge is -2.07. The van der Waals surface area contributed by atoms with Crippen LogP contribution < -0.4 is 19.6 Å². The molecular formula is C25H15ClO7. The van der Waals surface area contributed by atoms with Crippen LogP contribution in [-0.4, -0.2) is 13.1 Å². The first-order valence-electron chi connectivity index (χ1n) is 9.79. The average Bonchev–Trinajstić information content (AvgIpc) is 3.25. The standard InChI is InChI=1S/C25H15ClO7/c1-29-16-3-5-17(6-4-16)31-23-13-30-21-12-18(7-8-19(21)24(23)27)32-25(28)22-11-14-10-15(26)2-9-20(14)33-22/h2-13H,1H3. The third-order valence-electron chi connectivity index (χ3n) is 4.89. The van der Waals surface area contributed by atoms with E-state index in [-0.39, 0.29) is 33.7 Å². The van der Waals surface area contributed by atoms with E-state index in [9.17, 15) is 9.59 Å². The van der Waals surface area contributed by atoms with E-state index in [1.807, 2.05) is 0 Å². The number of methoxy groups -OCH3 is 1. The highest BCUT2D eigenvalue weighted by Gasteiger charge is 2.17. The van der Waals surface area contributed by atoms with Gasteiger partial charge in [-0.15, -0.1) is 0 Å². The van der Waals surface area contributed by atoms with Crippen LogP contribution in [0.5, 0.6) is 23.0 Å². The summed E-state index contributed by atoms with van der Waals surface area (Å²) in [6, 6.07) is 17.8. The fraction of sp³-hybridized carbons (Fsp3) is 0.0400. The van der Waals surface area contributed by atoms with E-state index >= 15 is 0 Å². The second-order valence-corrected chi connectivity index (χ2v) is 7.48. The van der Waals surface area contributed by atoms with Crippen molar-refractivity contribution >= 4 is 39.5 Å². The lowest BCUT2D eigenvalue weighted by Crippen LogP contribution is -2.08. The smallest absolute Gasteiger partial charge is 0.379 e. The Morgan fingerprint density at radius 2 is 1.64 bits per heavy atom. The maximum Gasteiger partial charge on any atom is 0.379 e. The Hall–Kier alpha value is -4.23. The first-order chi connectivity index (χ1) is 16.0.